The number of nitrogens with one attached hydrogen (secondary N) is 1. The predicted molar refractivity (Wildman–Crippen MR) is 110 cm³/mol. The van der Waals surface area contributed by atoms with E-state index < -0.39 is 0 Å². The summed E-state index contributed by atoms with van der Waals surface area (Å²) in [5.74, 6) is 1.84. The largest absolute Gasteiger partial charge is 0.497 e. The zero-order chi connectivity index (χ0) is 16.7. The molecule has 3 N–H and O–H groups in total. The maximum atomic E-state index is 5.96. The van der Waals surface area contributed by atoms with Gasteiger partial charge in [-0.25, -0.2) is 0 Å². The van der Waals surface area contributed by atoms with Crippen LogP contribution in [0.4, 0.5) is 5.69 Å². The molecule has 1 fully saturated rings. The van der Waals surface area contributed by atoms with E-state index in [1.165, 1.54) is 0 Å². The molecule has 0 bridgehead atoms. The molecule has 1 heterocycles. The quantitative estimate of drug-likeness (QED) is 0.397. The van der Waals surface area contributed by atoms with Gasteiger partial charge in [0, 0.05) is 31.4 Å². The number of ether oxygens (including phenoxy) is 2. The first kappa shape index (κ1) is 21.0. The van der Waals surface area contributed by atoms with Gasteiger partial charge in [0.15, 0.2) is 5.96 Å². The van der Waals surface area contributed by atoms with E-state index in [-0.39, 0.29) is 30.1 Å². The highest BCUT2D eigenvalue weighted by atomic mass is 127. The van der Waals surface area contributed by atoms with Gasteiger partial charge in [-0.2, -0.15) is 0 Å². The second-order valence-electron chi connectivity index (χ2n) is 6.23. The SMILES string of the molecule is COc1cccc(NC(N)=NCC2CN(CC(C)C)CCO2)c1.I. The highest BCUT2D eigenvalue weighted by Gasteiger charge is 2.20. The molecule has 0 amide bonds. The van der Waals surface area contributed by atoms with Gasteiger partial charge < -0.3 is 20.5 Å². The molecule has 0 radical (unpaired) electrons. The summed E-state index contributed by atoms with van der Waals surface area (Å²) in [5, 5.41) is 3.08. The molecule has 1 aromatic carbocycles. The van der Waals surface area contributed by atoms with Crippen LogP contribution in [-0.4, -0.2) is 56.9 Å². The standard InChI is InChI=1S/C17H28N4O2.HI/c1-13(2)11-21-7-8-23-16(12-21)10-19-17(18)20-14-5-4-6-15(9-14)22-3;/h4-6,9,13,16H,7-8,10-12H2,1-3H3,(H3,18,19,20);1H. The molecule has 1 aliphatic heterocycles. The number of hydrogen-bond acceptors (Lipinski definition) is 4. The molecule has 0 spiro atoms. The lowest BCUT2D eigenvalue weighted by Gasteiger charge is -2.33. The van der Waals surface area contributed by atoms with Gasteiger partial charge in [-0.1, -0.05) is 19.9 Å². The number of anilines is 1. The Morgan fingerprint density at radius 1 is 1.50 bits per heavy atom. The number of benzene rings is 1. The van der Waals surface area contributed by atoms with Crippen LogP contribution in [0.25, 0.3) is 0 Å². The minimum Gasteiger partial charge on any atom is -0.497 e. The Labute approximate surface area is 161 Å². The molecule has 6 nitrogen and oxygen atoms in total. The highest BCUT2D eigenvalue weighted by Crippen LogP contribution is 2.16. The molecular weight excluding hydrogens is 419 g/mol. The normalized spacial score (nSPS) is 19.0. The molecule has 1 aromatic rings. The van der Waals surface area contributed by atoms with Gasteiger partial charge in [0.25, 0.3) is 0 Å². The Balaban J connectivity index is 0.00000288. The summed E-state index contributed by atoms with van der Waals surface area (Å²) in [7, 11) is 1.64. The van der Waals surface area contributed by atoms with Crippen LogP contribution in [0.3, 0.4) is 0 Å². The summed E-state index contributed by atoms with van der Waals surface area (Å²) in [6.45, 7) is 8.80. The minimum atomic E-state index is 0. The predicted octanol–water partition coefficient (Wildman–Crippen LogP) is 2.40. The molecular formula is C17H29IN4O2. The van der Waals surface area contributed by atoms with Gasteiger partial charge in [-0.05, 0) is 18.1 Å². The van der Waals surface area contributed by atoms with E-state index in [0.717, 1.165) is 37.7 Å². The van der Waals surface area contributed by atoms with Crippen LogP contribution in [0.5, 0.6) is 5.75 Å². The Kier molecular flexibility index (Phi) is 9.38. The first-order valence-electron chi connectivity index (χ1n) is 8.11. The number of guanidine groups is 1. The van der Waals surface area contributed by atoms with E-state index >= 15 is 0 Å². The van der Waals surface area contributed by atoms with E-state index in [2.05, 4.69) is 29.1 Å². The third-order valence-electron chi connectivity index (χ3n) is 3.65. The third kappa shape index (κ3) is 7.23. The number of hydrogen-bond donors (Lipinski definition) is 2. The van der Waals surface area contributed by atoms with Crippen molar-refractivity contribution in [3.05, 3.63) is 24.3 Å². The van der Waals surface area contributed by atoms with Crippen LogP contribution in [0.2, 0.25) is 0 Å². The first-order valence-corrected chi connectivity index (χ1v) is 8.11. The van der Waals surface area contributed by atoms with Crippen molar-refractivity contribution in [2.75, 3.05) is 45.2 Å². The fourth-order valence-electron chi connectivity index (χ4n) is 2.66. The van der Waals surface area contributed by atoms with Gasteiger partial charge in [-0.3, -0.25) is 9.89 Å². The monoisotopic (exact) mass is 448 g/mol. The summed E-state index contributed by atoms with van der Waals surface area (Å²) in [6, 6.07) is 7.59. The second kappa shape index (κ2) is 10.7. The average molecular weight is 448 g/mol. The lowest BCUT2D eigenvalue weighted by Crippen LogP contribution is -2.45. The van der Waals surface area contributed by atoms with Gasteiger partial charge in [0.2, 0.25) is 0 Å². The number of rotatable bonds is 6. The van der Waals surface area contributed by atoms with Crippen molar-refractivity contribution in [1.82, 2.24) is 4.90 Å². The first-order chi connectivity index (χ1) is 11.1. The molecule has 1 saturated heterocycles. The Morgan fingerprint density at radius 3 is 3.00 bits per heavy atom. The van der Waals surface area contributed by atoms with Crippen molar-refractivity contribution in [3.63, 3.8) is 0 Å². The van der Waals surface area contributed by atoms with Crippen molar-refractivity contribution in [2.24, 2.45) is 16.6 Å². The summed E-state index contributed by atoms with van der Waals surface area (Å²) < 4.78 is 11.0. The van der Waals surface area contributed by atoms with Crippen LogP contribution in [0.15, 0.2) is 29.3 Å². The summed E-state index contributed by atoms with van der Waals surface area (Å²) >= 11 is 0. The molecule has 2 rings (SSSR count). The molecule has 0 aliphatic carbocycles. The molecule has 0 aromatic heterocycles. The van der Waals surface area contributed by atoms with E-state index in [1.807, 2.05) is 24.3 Å². The molecule has 7 heteroatoms. The average Bonchev–Trinajstić information content (AvgIpc) is 2.53. The minimum absolute atomic E-state index is 0. The van der Waals surface area contributed by atoms with Crippen molar-refractivity contribution >= 4 is 35.6 Å². The van der Waals surface area contributed by atoms with Gasteiger partial charge in [-0.15, -0.1) is 24.0 Å². The second-order valence-corrected chi connectivity index (χ2v) is 6.23. The van der Waals surface area contributed by atoms with Gasteiger partial charge in [0.05, 0.1) is 26.4 Å². The van der Waals surface area contributed by atoms with E-state index in [1.54, 1.807) is 7.11 Å². The van der Waals surface area contributed by atoms with Crippen LogP contribution >= 0.6 is 24.0 Å². The van der Waals surface area contributed by atoms with Crippen LogP contribution in [0.1, 0.15) is 13.8 Å². The van der Waals surface area contributed by atoms with Gasteiger partial charge in [0.1, 0.15) is 5.75 Å². The Morgan fingerprint density at radius 2 is 2.29 bits per heavy atom. The number of aliphatic imine (C=N–C) groups is 1. The van der Waals surface area contributed by atoms with Crippen LogP contribution in [-0.2, 0) is 4.74 Å². The van der Waals surface area contributed by atoms with E-state index in [0.29, 0.717) is 18.4 Å². The van der Waals surface area contributed by atoms with Crippen molar-refractivity contribution < 1.29 is 9.47 Å². The maximum Gasteiger partial charge on any atom is 0.193 e. The number of methoxy groups -OCH3 is 1. The third-order valence-corrected chi connectivity index (χ3v) is 3.65. The van der Waals surface area contributed by atoms with E-state index in [4.69, 9.17) is 15.2 Å². The number of nitrogens with two attached hydrogens (primary N) is 1. The maximum absolute atomic E-state index is 5.96. The highest BCUT2D eigenvalue weighted by molar-refractivity contribution is 14.0. The molecule has 136 valence electrons. The van der Waals surface area contributed by atoms with Crippen molar-refractivity contribution in [3.8, 4) is 5.75 Å². The zero-order valence-corrected chi connectivity index (χ0v) is 17.0. The summed E-state index contributed by atoms with van der Waals surface area (Å²) in [6.07, 6.45) is 0.105. The summed E-state index contributed by atoms with van der Waals surface area (Å²) in [4.78, 5) is 6.83. The molecule has 1 aliphatic rings. The van der Waals surface area contributed by atoms with Gasteiger partial charge >= 0.3 is 0 Å². The Hall–Kier alpha value is -1.06. The van der Waals surface area contributed by atoms with Crippen molar-refractivity contribution in [1.29, 1.82) is 0 Å². The number of morpholine rings is 1. The summed E-state index contributed by atoms with van der Waals surface area (Å²) in [5.41, 5.74) is 6.82. The molecule has 1 unspecified atom stereocenters. The fraction of sp³-hybridized carbons (Fsp3) is 0.588. The number of halogens is 1. The molecule has 1 atom stereocenters. The zero-order valence-electron chi connectivity index (χ0n) is 14.7. The smallest absolute Gasteiger partial charge is 0.193 e. The van der Waals surface area contributed by atoms with E-state index in [9.17, 15) is 0 Å². The molecule has 0 saturated carbocycles. The Bertz CT molecular complexity index is 525. The topological polar surface area (TPSA) is 72.1 Å². The van der Waals surface area contributed by atoms with Crippen molar-refractivity contribution in [2.45, 2.75) is 20.0 Å². The lowest BCUT2D eigenvalue weighted by atomic mass is 10.2. The number of nitrogens with zero attached hydrogens (tertiary/aromatic N) is 2. The van der Waals surface area contributed by atoms with Crippen LogP contribution in [0, 0.1) is 5.92 Å². The lowest BCUT2D eigenvalue weighted by molar-refractivity contribution is -0.0261. The molecule has 24 heavy (non-hydrogen) atoms. The van der Waals surface area contributed by atoms with Crippen LogP contribution < -0.4 is 15.8 Å². The fourth-order valence-corrected chi connectivity index (χ4v) is 2.66.